The van der Waals surface area contributed by atoms with Crippen LogP contribution in [0.4, 0.5) is 0 Å². The van der Waals surface area contributed by atoms with Crippen LogP contribution in [0.5, 0.6) is 0 Å². The van der Waals surface area contributed by atoms with Gasteiger partial charge in [-0.1, -0.05) is 44.9 Å². The molecular formula is C54H85NaO26S. The van der Waals surface area contributed by atoms with Crippen molar-refractivity contribution in [2.24, 2.45) is 33.5 Å². The molecule has 0 aromatic heterocycles. The first kappa shape index (κ1) is 67.0. The molecule has 26 nitrogen and oxygen atoms in total. The quantitative estimate of drug-likeness (QED) is 0.0163. The minimum Gasteiger partial charge on any atom is -0.726 e. The summed E-state index contributed by atoms with van der Waals surface area (Å²) < 4.78 is 99.6. The minimum atomic E-state index is -5.44. The number of carbonyl (C=O) groups excluding carboxylic acids is 1. The summed E-state index contributed by atoms with van der Waals surface area (Å²) in [6.07, 6.45) is -28.1. The molecule has 3 saturated carbocycles. The van der Waals surface area contributed by atoms with Gasteiger partial charge in [0, 0.05) is 7.11 Å². The summed E-state index contributed by atoms with van der Waals surface area (Å²) >= 11 is 0. The van der Waals surface area contributed by atoms with Gasteiger partial charge < -0.3 is 108 Å². The predicted molar refractivity (Wildman–Crippen MR) is 272 cm³/mol. The van der Waals surface area contributed by atoms with Gasteiger partial charge >= 0.3 is 35.5 Å². The van der Waals surface area contributed by atoms with Gasteiger partial charge in [0.2, 0.25) is 10.4 Å². The van der Waals surface area contributed by atoms with Gasteiger partial charge in [0.05, 0.1) is 38.1 Å². The zero-order valence-electron chi connectivity index (χ0n) is 48.0. The van der Waals surface area contributed by atoms with Crippen molar-refractivity contribution in [3.8, 4) is 0 Å². The fourth-order valence-electron chi connectivity index (χ4n) is 16.3. The third kappa shape index (κ3) is 10.9. The summed E-state index contributed by atoms with van der Waals surface area (Å²) in [5.74, 6) is -0.911. The van der Waals surface area contributed by atoms with E-state index in [1.54, 1.807) is 13.0 Å². The van der Waals surface area contributed by atoms with Gasteiger partial charge in [-0.05, 0) is 107 Å². The van der Waals surface area contributed by atoms with Crippen molar-refractivity contribution >= 4 is 16.4 Å². The normalized spacial score (nSPS) is 50.9. The van der Waals surface area contributed by atoms with E-state index < -0.39 is 198 Å². The maximum Gasteiger partial charge on any atom is 1.00 e. The van der Waals surface area contributed by atoms with Crippen molar-refractivity contribution in [3.05, 3.63) is 23.8 Å². The molecule has 5 aliphatic heterocycles. The Bertz CT molecular complexity index is 2440. The van der Waals surface area contributed by atoms with Crippen LogP contribution in [0.2, 0.25) is 0 Å². The second kappa shape index (κ2) is 24.4. The summed E-state index contributed by atoms with van der Waals surface area (Å²) in [5, 5.41) is 124. The smallest absolute Gasteiger partial charge is 0.726 e. The van der Waals surface area contributed by atoms with E-state index in [2.05, 4.69) is 17.7 Å². The molecule has 1 spiro atoms. The van der Waals surface area contributed by atoms with Gasteiger partial charge in [0.25, 0.3) is 0 Å². The van der Waals surface area contributed by atoms with Crippen LogP contribution in [0, 0.1) is 33.5 Å². The van der Waals surface area contributed by atoms with Crippen LogP contribution in [0.3, 0.4) is 0 Å². The molecule has 0 aromatic rings. The molecule has 11 N–H and O–H groups in total. The number of carbonyl (C=O) groups is 1. The monoisotopic (exact) mass is 1200 g/mol. The Morgan fingerprint density at radius 2 is 1.33 bits per heavy atom. The second-order valence-electron chi connectivity index (χ2n) is 25.5. The third-order valence-electron chi connectivity index (χ3n) is 20.6. The van der Waals surface area contributed by atoms with Gasteiger partial charge in [0.15, 0.2) is 25.2 Å². The number of esters is 1. The van der Waals surface area contributed by atoms with E-state index in [1.807, 2.05) is 27.7 Å². The zero-order chi connectivity index (χ0) is 59.5. The van der Waals surface area contributed by atoms with Crippen LogP contribution >= 0.6 is 0 Å². The molecule has 0 unspecified atom stereocenters. The Morgan fingerprint density at radius 1 is 0.744 bits per heavy atom. The van der Waals surface area contributed by atoms with E-state index in [9.17, 15) is 73.9 Å². The maximum absolute atomic E-state index is 14.5. The van der Waals surface area contributed by atoms with Crippen molar-refractivity contribution in [1.29, 1.82) is 0 Å². The van der Waals surface area contributed by atoms with E-state index in [4.69, 9.17) is 47.4 Å². The number of rotatable bonds is 17. The van der Waals surface area contributed by atoms with Crippen molar-refractivity contribution in [2.75, 3.05) is 26.9 Å². The number of cyclic esters (lactones) is 1. The minimum absolute atomic E-state index is 0. The molecule has 0 aromatic carbocycles. The number of aliphatic hydroxyl groups is 11. The first-order valence-electron chi connectivity index (χ1n) is 28.2. The van der Waals surface area contributed by atoms with Gasteiger partial charge in [-0.3, -0.25) is 8.98 Å². The molecule has 5 heterocycles. The van der Waals surface area contributed by atoms with Crippen LogP contribution in [-0.2, 0) is 66.7 Å². The number of ether oxygens (including phenoxy) is 10. The average Bonchev–Trinajstić information content (AvgIpc) is 1.47. The van der Waals surface area contributed by atoms with Gasteiger partial charge in [-0.25, -0.2) is 8.42 Å². The van der Waals surface area contributed by atoms with Crippen molar-refractivity contribution < 1.29 is 155 Å². The standard InChI is InChI=1S/C54H86O26S.Na/c1-23(2)11-10-15-52(8)53(66)18-17-51(7)25-12-13-30-49(4,5)32(14-16-50(30,6)26(25)19-31(57)54(51,53)48(65)79-52)75-47-43(35(60)29(22-71-47)80-81(67,68)69)78-44-37(62)36(61)40(24(3)72-44)76-46-39(64)42(34(59)28(21-56)74-46)77-45-38(63)41(70-9)33(58)27(20-55)73-45;/h19,24-25,27-47,55-64,66H,1,10-18,20-22H2,2-9H3,(H,67,68,69);/q;+1/p-1/t24-,25-,27-,28-,29-,30+,31+,32+,33-,34-,35+,36-,37-,38-,39-,40-,41+,42+,43-,44+,45+,46+,47+,50-,51+,52+,53+,54-;/m1./s1. The number of hydrogen-bond acceptors (Lipinski definition) is 26. The summed E-state index contributed by atoms with van der Waals surface area (Å²) in [7, 11) is -4.26. The molecule has 9 aliphatic rings. The fraction of sp³-hybridized carbons (Fsp3) is 0.907. The Kier molecular flexibility index (Phi) is 19.9. The molecular weight excluding hydrogens is 1120 g/mol. The van der Waals surface area contributed by atoms with Crippen molar-refractivity contribution in [2.45, 2.75) is 246 Å². The first-order valence-corrected chi connectivity index (χ1v) is 29.5. The van der Waals surface area contributed by atoms with E-state index in [-0.39, 0.29) is 47.8 Å². The molecule has 0 bridgehead atoms. The number of methoxy groups -OCH3 is 1. The Hall–Kier alpha value is -0.980. The average molecular weight is 1210 g/mol. The molecule has 28 atom stereocenters. The number of fused-ring (bicyclic) bond motifs is 4. The fourth-order valence-corrected chi connectivity index (χ4v) is 16.8. The van der Waals surface area contributed by atoms with E-state index in [0.717, 1.165) is 11.1 Å². The molecule has 5 saturated heterocycles. The molecule has 8 fully saturated rings. The van der Waals surface area contributed by atoms with Crippen LogP contribution in [0.1, 0.15) is 106 Å². The van der Waals surface area contributed by atoms with Gasteiger partial charge in [-0.15, -0.1) is 6.58 Å². The molecule has 82 heavy (non-hydrogen) atoms. The summed E-state index contributed by atoms with van der Waals surface area (Å²) in [5.41, 5.74) is -4.64. The van der Waals surface area contributed by atoms with Crippen molar-refractivity contribution in [1.82, 2.24) is 0 Å². The zero-order valence-corrected chi connectivity index (χ0v) is 50.8. The molecule has 9 rings (SSSR count). The Morgan fingerprint density at radius 3 is 1.93 bits per heavy atom. The number of hydrogen-bond donors (Lipinski definition) is 11. The molecule has 464 valence electrons. The number of allylic oxidation sites excluding steroid dienone is 2. The van der Waals surface area contributed by atoms with Crippen LogP contribution in [0.25, 0.3) is 0 Å². The van der Waals surface area contributed by atoms with Crippen LogP contribution < -0.4 is 29.6 Å². The largest absolute Gasteiger partial charge is 1.00 e. The molecule has 0 amide bonds. The van der Waals surface area contributed by atoms with E-state index in [1.165, 1.54) is 14.0 Å². The first-order chi connectivity index (χ1) is 37.8. The van der Waals surface area contributed by atoms with E-state index >= 15 is 0 Å². The van der Waals surface area contributed by atoms with E-state index in [0.29, 0.717) is 51.4 Å². The SMILES string of the molecule is C=C(C)CCC[C@]1(C)OC(=O)[C@]23[C@@H](O)C=C4[C@@H](CC[C@H]5C(C)(C)[C@@H](O[C@@H]6OC[C@@H](OS(=O)(=O)[O-])[C@H](O)[C@H]6O[C@@H]6O[C@H](C)[C@@H](O[C@@H]7O[C@H](CO)[C@@H](O)[C@H](O[C@@H]8O[C@H](CO)[C@@H](O)[C@H](OC)[C@H]8O)[C@H]7O)[C@H](O)[C@H]6O)CC[C@]45C)[C@]2(C)CC[C@@]31O.[Na+]. The Balaban J connectivity index is 0.00000880. The molecule has 0 radical (unpaired) electrons. The third-order valence-corrected chi connectivity index (χ3v) is 21.1. The maximum atomic E-state index is 14.5. The Labute approximate surface area is 499 Å². The molecule has 28 heteroatoms. The predicted octanol–water partition coefficient (Wildman–Crippen LogP) is -4.81. The van der Waals surface area contributed by atoms with Gasteiger partial charge in [-0.2, -0.15) is 0 Å². The summed E-state index contributed by atoms with van der Waals surface area (Å²) in [6, 6.07) is 0. The van der Waals surface area contributed by atoms with Crippen molar-refractivity contribution in [3.63, 3.8) is 0 Å². The number of aliphatic hydroxyl groups excluding tert-OH is 10. The topological polar surface area (TPSA) is 398 Å². The second-order valence-corrected chi connectivity index (χ2v) is 26.5. The van der Waals surface area contributed by atoms with Crippen LogP contribution in [-0.4, -0.2) is 242 Å². The summed E-state index contributed by atoms with van der Waals surface area (Å²) in [4.78, 5) is 14.5. The van der Waals surface area contributed by atoms with Gasteiger partial charge in [0.1, 0.15) is 102 Å². The summed E-state index contributed by atoms with van der Waals surface area (Å²) in [6.45, 7) is 15.0. The molecule has 4 aliphatic carbocycles. The van der Waals surface area contributed by atoms with Crippen LogP contribution in [0.15, 0.2) is 23.8 Å².